The Bertz CT molecular complexity index is 924. The minimum atomic E-state index is -0.645. The van der Waals surface area contributed by atoms with E-state index in [1.807, 2.05) is 0 Å². The predicted octanol–water partition coefficient (Wildman–Crippen LogP) is 1.76. The number of primary amides is 1. The number of hydrogen-bond donors (Lipinski definition) is 3. The van der Waals surface area contributed by atoms with Crippen molar-refractivity contribution in [2.75, 3.05) is 24.8 Å². The van der Waals surface area contributed by atoms with Gasteiger partial charge in [0, 0.05) is 19.2 Å². The van der Waals surface area contributed by atoms with Crippen LogP contribution in [0.4, 0.5) is 21.6 Å². The summed E-state index contributed by atoms with van der Waals surface area (Å²) >= 11 is 0. The molecule has 3 aromatic rings. The Labute approximate surface area is 136 Å². The van der Waals surface area contributed by atoms with E-state index in [-0.39, 0.29) is 5.69 Å². The lowest BCUT2D eigenvalue weighted by Gasteiger charge is -2.12. The molecule has 0 fully saturated rings. The summed E-state index contributed by atoms with van der Waals surface area (Å²) in [5.74, 6) is -0.336. The Morgan fingerprint density at radius 3 is 2.79 bits per heavy atom. The number of ether oxygens (including phenoxy) is 1. The van der Waals surface area contributed by atoms with Gasteiger partial charge in [-0.3, -0.25) is 4.79 Å². The number of fused-ring (bicyclic) bond motifs is 1. The zero-order valence-corrected chi connectivity index (χ0v) is 13.0. The number of hydrogen-bond acceptors (Lipinski definition) is 6. The molecule has 1 amide bonds. The summed E-state index contributed by atoms with van der Waals surface area (Å²) in [4.78, 5) is 15.6. The molecule has 3 rings (SSSR count). The SMILES string of the molecule is CNc1cc(Nc2ccc(F)cc2OC)nn2c(C(N)=O)cnc12. The molecule has 9 heteroatoms. The van der Waals surface area contributed by atoms with Crippen LogP contribution in [0.1, 0.15) is 10.5 Å². The summed E-state index contributed by atoms with van der Waals surface area (Å²) < 4.78 is 19.8. The molecule has 8 nitrogen and oxygen atoms in total. The van der Waals surface area contributed by atoms with Gasteiger partial charge in [-0.05, 0) is 12.1 Å². The van der Waals surface area contributed by atoms with Crippen molar-refractivity contribution in [2.45, 2.75) is 0 Å². The fraction of sp³-hybridized carbons (Fsp3) is 0.133. The standard InChI is InChI=1S/C15H15FN6O2/c1-18-10-6-13(20-9-4-3-8(16)5-12(9)24-2)21-22-11(14(17)23)7-19-15(10)22/h3-7,18H,1-2H3,(H2,17,23)(H,20,21). The number of nitrogens with zero attached hydrogens (tertiary/aromatic N) is 3. The molecular formula is C15H15FN6O2. The molecule has 0 bridgehead atoms. The minimum Gasteiger partial charge on any atom is -0.494 e. The van der Waals surface area contributed by atoms with E-state index in [9.17, 15) is 9.18 Å². The van der Waals surface area contributed by atoms with Crippen LogP contribution < -0.4 is 21.1 Å². The fourth-order valence-electron chi connectivity index (χ4n) is 2.29. The number of anilines is 3. The number of nitrogens with one attached hydrogen (secondary N) is 2. The molecule has 2 aromatic heterocycles. The lowest BCUT2D eigenvalue weighted by molar-refractivity contribution is 0.0993. The minimum absolute atomic E-state index is 0.149. The summed E-state index contributed by atoms with van der Waals surface area (Å²) in [5, 5.41) is 10.3. The third-order valence-electron chi connectivity index (χ3n) is 3.42. The van der Waals surface area contributed by atoms with Crippen molar-refractivity contribution in [2.24, 2.45) is 5.73 Å². The Morgan fingerprint density at radius 2 is 2.12 bits per heavy atom. The van der Waals surface area contributed by atoms with E-state index in [2.05, 4.69) is 20.7 Å². The van der Waals surface area contributed by atoms with Crippen LogP contribution in [-0.2, 0) is 0 Å². The Kier molecular flexibility index (Phi) is 3.90. The highest BCUT2D eigenvalue weighted by Gasteiger charge is 2.15. The van der Waals surface area contributed by atoms with Gasteiger partial charge in [0.2, 0.25) is 0 Å². The van der Waals surface area contributed by atoms with E-state index in [0.717, 1.165) is 0 Å². The average molecular weight is 330 g/mol. The van der Waals surface area contributed by atoms with Gasteiger partial charge in [0.25, 0.3) is 5.91 Å². The maximum atomic E-state index is 13.3. The first-order valence-corrected chi connectivity index (χ1v) is 7.00. The number of halogens is 1. The van der Waals surface area contributed by atoms with Gasteiger partial charge in [0.05, 0.1) is 24.7 Å². The topological polar surface area (TPSA) is 107 Å². The van der Waals surface area contributed by atoms with Crippen LogP contribution in [0.2, 0.25) is 0 Å². The first-order valence-electron chi connectivity index (χ1n) is 7.00. The van der Waals surface area contributed by atoms with Crippen LogP contribution >= 0.6 is 0 Å². The van der Waals surface area contributed by atoms with Crippen LogP contribution in [0, 0.1) is 5.82 Å². The van der Waals surface area contributed by atoms with Gasteiger partial charge >= 0.3 is 0 Å². The number of amides is 1. The number of aromatic nitrogens is 3. The summed E-state index contributed by atoms with van der Waals surface area (Å²) in [5.41, 5.74) is 7.11. The van der Waals surface area contributed by atoms with E-state index >= 15 is 0 Å². The summed E-state index contributed by atoms with van der Waals surface area (Å²) in [7, 11) is 3.16. The predicted molar refractivity (Wildman–Crippen MR) is 87.3 cm³/mol. The molecule has 0 aliphatic carbocycles. The van der Waals surface area contributed by atoms with E-state index in [1.54, 1.807) is 13.1 Å². The molecule has 0 atom stereocenters. The smallest absolute Gasteiger partial charge is 0.269 e. The van der Waals surface area contributed by atoms with Crippen molar-refractivity contribution in [3.05, 3.63) is 42.0 Å². The first kappa shape index (κ1) is 15.5. The second-order valence-corrected chi connectivity index (χ2v) is 4.91. The van der Waals surface area contributed by atoms with Gasteiger partial charge in [-0.1, -0.05) is 0 Å². The van der Waals surface area contributed by atoms with Gasteiger partial charge in [0.1, 0.15) is 17.3 Å². The van der Waals surface area contributed by atoms with Crippen LogP contribution in [0.5, 0.6) is 5.75 Å². The highest BCUT2D eigenvalue weighted by atomic mass is 19.1. The zero-order chi connectivity index (χ0) is 17.3. The zero-order valence-electron chi connectivity index (χ0n) is 13.0. The molecule has 0 radical (unpaired) electrons. The maximum Gasteiger partial charge on any atom is 0.269 e. The number of carbonyl (C=O) groups excluding carboxylic acids is 1. The number of rotatable bonds is 5. The third kappa shape index (κ3) is 2.67. The summed E-state index contributed by atoms with van der Waals surface area (Å²) in [6.45, 7) is 0. The molecule has 0 saturated carbocycles. The molecular weight excluding hydrogens is 315 g/mol. The molecule has 0 saturated heterocycles. The quantitative estimate of drug-likeness (QED) is 0.658. The van der Waals surface area contributed by atoms with Gasteiger partial charge in [-0.25, -0.2) is 13.9 Å². The second kappa shape index (κ2) is 6.03. The van der Waals surface area contributed by atoms with Gasteiger partial charge < -0.3 is 21.1 Å². The molecule has 0 aliphatic rings. The highest BCUT2D eigenvalue weighted by Crippen LogP contribution is 2.29. The van der Waals surface area contributed by atoms with Gasteiger partial charge in [-0.15, -0.1) is 5.10 Å². The monoisotopic (exact) mass is 330 g/mol. The Morgan fingerprint density at radius 1 is 1.33 bits per heavy atom. The van der Waals surface area contributed by atoms with Crippen LogP contribution in [0.3, 0.4) is 0 Å². The summed E-state index contributed by atoms with van der Waals surface area (Å²) in [6, 6.07) is 5.79. The maximum absolute atomic E-state index is 13.3. The number of nitrogens with two attached hydrogens (primary N) is 1. The lowest BCUT2D eigenvalue weighted by Crippen LogP contribution is -2.15. The molecule has 124 valence electrons. The van der Waals surface area contributed by atoms with E-state index in [4.69, 9.17) is 10.5 Å². The molecule has 2 heterocycles. The van der Waals surface area contributed by atoms with E-state index in [1.165, 1.54) is 36.0 Å². The largest absolute Gasteiger partial charge is 0.494 e. The van der Waals surface area contributed by atoms with E-state index < -0.39 is 11.7 Å². The summed E-state index contributed by atoms with van der Waals surface area (Å²) in [6.07, 6.45) is 1.35. The molecule has 4 N–H and O–H groups in total. The normalized spacial score (nSPS) is 10.6. The van der Waals surface area contributed by atoms with Crippen molar-refractivity contribution in [3.8, 4) is 5.75 Å². The molecule has 24 heavy (non-hydrogen) atoms. The molecule has 0 spiro atoms. The molecule has 0 aliphatic heterocycles. The highest BCUT2D eigenvalue weighted by molar-refractivity contribution is 5.92. The average Bonchev–Trinajstić information content (AvgIpc) is 2.99. The van der Waals surface area contributed by atoms with Crippen molar-refractivity contribution in [1.82, 2.24) is 14.6 Å². The van der Waals surface area contributed by atoms with Gasteiger partial charge in [0.15, 0.2) is 11.5 Å². The fourth-order valence-corrected chi connectivity index (χ4v) is 2.29. The van der Waals surface area contributed by atoms with Crippen LogP contribution in [0.25, 0.3) is 5.65 Å². The van der Waals surface area contributed by atoms with Gasteiger partial charge in [-0.2, -0.15) is 0 Å². The van der Waals surface area contributed by atoms with Crippen molar-refractivity contribution < 1.29 is 13.9 Å². The van der Waals surface area contributed by atoms with Crippen molar-refractivity contribution in [3.63, 3.8) is 0 Å². The number of methoxy groups -OCH3 is 1. The number of benzene rings is 1. The third-order valence-corrected chi connectivity index (χ3v) is 3.42. The van der Waals surface area contributed by atoms with E-state index in [0.29, 0.717) is 28.6 Å². The number of carbonyl (C=O) groups is 1. The Balaban J connectivity index is 2.10. The van der Waals surface area contributed by atoms with Crippen molar-refractivity contribution >= 4 is 28.7 Å². The molecule has 0 unspecified atom stereocenters. The van der Waals surface area contributed by atoms with Crippen LogP contribution in [0.15, 0.2) is 30.5 Å². The first-order chi connectivity index (χ1) is 11.5. The van der Waals surface area contributed by atoms with Crippen molar-refractivity contribution in [1.29, 1.82) is 0 Å². The number of imidazole rings is 1. The second-order valence-electron chi connectivity index (χ2n) is 4.91. The van der Waals surface area contributed by atoms with Crippen LogP contribution in [-0.4, -0.2) is 34.7 Å². The Hall–Kier alpha value is -3.36. The molecule has 1 aromatic carbocycles. The lowest BCUT2D eigenvalue weighted by atomic mass is 10.2.